The molecule has 0 fully saturated rings. The van der Waals surface area contributed by atoms with Crippen LogP contribution in [0.2, 0.25) is 0 Å². The minimum Gasteiger partial charge on any atom is -0.306 e. The molecule has 2 heterocycles. The van der Waals surface area contributed by atoms with Crippen molar-refractivity contribution in [3.05, 3.63) is 41.6 Å². The first-order chi connectivity index (χ1) is 8.20. The van der Waals surface area contributed by atoms with Gasteiger partial charge in [0.15, 0.2) is 0 Å². The van der Waals surface area contributed by atoms with E-state index in [1.807, 2.05) is 6.07 Å². The third-order valence-corrected chi connectivity index (χ3v) is 1.97. The van der Waals surface area contributed by atoms with E-state index in [0.717, 1.165) is 12.3 Å². The van der Waals surface area contributed by atoms with Crippen molar-refractivity contribution >= 4 is 11.7 Å². The van der Waals surface area contributed by atoms with Crippen LogP contribution in [0.25, 0.3) is 0 Å². The number of hydrogen-bond donors (Lipinski definition) is 2. The largest absolute Gasteiger partial charge is 0.306 e. The molecule has 0 spiro atoms. The van der Waals surface area contributed by atoms with E-state index in [4.69, 9.17) is 5.26 Å². The van der Waals surface area contributed by atoms with Gasteiger partial charge in [0.2, 0.25) is 0 Å². The van der Waals surface area contributed by atoms with Crippen LogP contribution in [-0.4, -0.2) is 21.1 Å². The van der Waals surface area contributed by atoms with Crippen LogP contribution in [0.5, 0.6) is 0 Å². The van der Waals surface area contributed by atoms with Gasteiger partial charge < -0.3 is 5.32 Å². The molecule has 6 nitrogen and oxygen atoms in total. The summed E-state index contributed by atoms with van der Waals surface area (Å²) in [6.07, 6.45) is 3.49. The van der Waals surface area contributed by atoms with Gasteiger partial charge in [-0.15, -0.1) is 0 Å². The summed E-state index contributed by atoms with van der Waals surface area (Å²) in [5.41, 5.74) is 0.256. The lowest BCUT2D eigenvalue weighted by molar-refractivity contribution is 0.102. The summed E-state index contributed by atoms with van der Waals surface area (Å²) in [5.74, 6) is -1.01. The van der Waals surface area contributed by atoms with Crippen molar-refractivity contribution in [3.63, 3.8) is 0 Å². The number of pyridine rings is 1. The Balaban J connectivity index is 2.21. The average Bonchev–Trinajstić information content (AvgIpc) is 2.76. The molecule has 0 aliphatic rings. The summed E-state index contributed by atoms with van der Waals surface area (Å²) in [7, 11) is 0. The first kappa shape index (κ1) is 10.8. The highest BCUT2D eigenvalue weighted by atomic mass is 19.1. The van der Waals surface area contributed by atoms with Gasteiger partial charge in [0, 0.05) is 6.20 Å². The highest BCUT2D eigenvalue weighted by Gasteiger charge is 2.11. The summed E-state index contributed by atoms with van der Waals surface area (Å²) in [4.78, 5) is 15.2. The van der Waals surface area contributed by atoms with Crippen LogP contribution in [0.4, 0.5) is 10.2 Å². The number of aromatic nitrogens is 3. The van der Waals surface area contributed by atoms with Crippen molar-refractivity contribution in [1.29, 1.82) is 5.26 Å². The number of H-pyrrole nitrogens is 1. The van der Waals surface area contributed by atoms with Crippen LogP contribution < -0.4 is 5.32 Å². The fourth-order valence-electron chi connectivity index (χ4n) is 1.19. The Bertz CT molecular complexity index is 601. The molecule has 2 aromatic rings. The normalized spacial score (nSPS) is 9.65. The maximum Gasteiger partial charge on any atom is 0.258 e. The van der Waals surface area contributed by atoms with E-state index >= 15 is 0 Å². The highest BCUT2D eigenvalue weighted by molar-refractivity contribution is 6.04. The van der Waals surface area contributed by atoms with Gasteiger partial charge in [-0.3, -0.25) is 14.9 Å². The lowest BCUT2D eigenvalue weighted by Crippen LogP contribution is -2.13. The van der Waals surface area contributed by atoms with Crippen LogP contribution in [0.1, 0.15) is 15.9 Å². The number of rotatable bonds is 2. The summed E-state index contributed by atoms with van der Waals surface area (Å²) >= 11 is 0. The van der Waals surface area contributed by atoms with E-state index in [-0.39, 0.29) is 16.9 Å². The highest BCUT2D eigenvalue weighted by Crippen LogP contribution is 2.11. The first-order valence-corrected chi connectivity index (χ1v) is 4.56. The second kappa shape index (κ2) is 4.40. The zero-order valence-electron chi connectivity index (χ0n) is 8.44. The molecule has 0 atom stereocenters. The fraction of sp³-hybridized carbons (Fsp3) is 0. The van der Waals surface area contributed by atoms with Gasteiger partial charge in [0.25, 0.3) is 5.91 Å². The fourth-order valence-corrected chi connectivity index (χ4v) is 1.19. The van der Waals surface area contributed by atoms with Crippen molar-refractivity contribution in [2.24, 2.45) is 0 Å². The van der Waals surface area contributed by atoms with E-state index < -0.39 is 11.7 Å². The topological polar surface area (TPSA) is 94.5 Å². The molecule has 0 saturated carbocycles. The standard InChI is InChI=1S/C10H6FN5O/c11-8-1-6(3-13-5-8)10(17)15-9-7(2-12)4-14-16-9/h1,3-5H,(H2,14,15,16,17). The van der Waals surface area contributed by atoms with E-state index in [0.29, 0.717) is 0 Å². The van der Waals surface area contributed by atoms with Gasteiger partial charge in [-0.05, 0) is 6.07 Å². The summed E-state index contributed by atoms with van der Waals surface area (Å²) in [6.45, 7) is 0. The number of hydrogen-bond acceptors (Lipinski definition) is 4. The predicted molar refractivity (Wildman–Crippen MR) is 55.5 cm³/mol. The van der Waals surface area contributed by atoms with E-state index in [9.17, 15) is 9.18 Å². The van der Waals surface area contributed by atoms with Crippen LogP contribution in [-0.2, 0) is 0 Å². The third kappa shape index (κ3) is 2.26. The zero-order chi connectivity index (χ0) is 12.3. The summed E-state index contributed by atoms with van der Waals surface area (Å²) in [5, 5.41) is 17.2. The van der Waals surface area contributed by atoms with E-state index in [1.54, 1.807) is 0 Å². The Morgan fingerprint density at radius 3 is 3.00 bits per heavy atom. The van der Waals surface area contributed by atoms with Crippen LogP contribution in [0, 0.1) is 17.1 Å². The van der Waals surface area contributed by atoms with Gasteiger partial charge in [-0.25, -0.2) is 4.39 Å². The quantitative estimate of drug-likeness (QED) is 0.808. The Morgan fingerprint density at radius 2 is 2.29 bits per heavy atom. The molecule has 0 aromatic carbocycles. The van der Waals surface area contributed by atoms with Crippen LogP contribution in [0.15, 0.2) is 24.7 Å². The van der Waals surface area contributed by atoms with Gasteiger partial charge in [0.05, 0.1) is 18.0 Å². The summed E-state index contributed by atoms with van der Waals surface area (Å²) in [6, 6.07) is 2.89. The van der Waals surface area contributed by atoms with Crippen molar-refractivity contribution in [2.45, 2.75) is 0 Å². The van der Waals surface area contributed by atoms with Gasteiger partial charge in [0.1, 0.15) is 23.3 Å². The molecule has 0 radical (unpaired) electrons. The SMILES string of the molecule is N#Cc1cn[nH]c1NC(=O)c1cncc(F)c1. The number of nitrogens with one attached hydrogen (secondary N) is 2. The molecule has 1 amide bonds. The molecule has 17 heavy (non-hydrogen) atoms. The maximum absolute atomic E-state index is 12.8. The Labute approximate surface area is 95.1 Å². The number of carbonyl (C=O) groups excluding carboxylic acids is 1. The molecule has 0 unspecified atom stereocenters. The second-order valence-corrected chi connectivity index (χ2v) is 3.12. The number of aromatic amines is 1. The maximum atomic E-state index is 12.8. The minimum absolute atomic E-state index is 0.0588. The number of anilines is 1. The molecule has 0 aliphatic carbocycles. The number of halogens is 1. The molecular weight excluding hydrogens is 225 g/mol. The zero-order valence-corrected chi connectivity index (χ0v) is 8.44. The van der Waals surface area contributed by atoms with Gasteiger partial charge >= 0.3 is 0 Å². The van der Waals surface area contributed by atoms with Crippen LogP contribution >= 0.6 is 0 Å². The number of carbonyl (C=O) groups is 1. The van der Waals surface area contributed by atoms with Crippen LogP contribution in [0.3, 0.4) is 0 Å². The predicted octanol–water partition coefficient (Wildman–Crippen LogP) is 1.07. The molecule has 0 aliphatic heterocycles. The van der Waals surface area contributed by atoms with Crippen molar-refractivity contribution in [1.82, 2.24) is 15.2 Å². The van der Waals surface area contributed by atoms with E-state index in [1.165, 1.54) is 12.4 Å². The third-order valence-electron chi connectivity index (χ3n) is 1.97. The average molecular weight is 231 g/mol. The van der Waals surface area contributed by atoms with E-state index in [2.05, 4.69) is 20.5 Å². The minimum atomic E-state index is -0.609. The Kier molecular flexibility index (Phi) is 2.79. The van der Waals surface area contributed by atoms with Crippen molar-refractivity contribution < 1.29 is 9.18 Å². The molecule has 84 valence electrons. The van der Waals surface area contributed by atoms with Gasteiger partial charge in [-0.2, -0.15) is 10.4 Å². The molecule has 2 N–H and O–H groups in total. The molecule has 7 heteroatoms. The Morgan fingerprint density at radius 1 is 1.47 bits per heavy atom. The Hall–Kier alpha value is -2.75. The molecule has 2 rings (SSSR count). The lowest BCUT2D eigenvalue weighted by Gasteiger charge is -2.02. The monoisotopic (exact) mass is 231 g/mol. The number of nitrogens with zero attached hydrogens (tertiary/aromatic N) is 3. The van der Waals surface area contributed by atoms with Crippen molar-refractivity contribution in [3.8, 4) is 6.07 Å². The number of amides is 1. The lowest BCUT2D eigenvalue weighted by atomic mass is 10.2. The number of nitriles is 1. The molecule has 0 saturated heterocycles. The second-order valence-electron chi connectivity index (χ2n) is 3.12. The molecular formula is C10H6FN5O. The smallest absolute Gasteiger partial charge is 0.258 e. The molecule has 0 bridgehead atoms. The van der Waals surface area contributed by atoms with Gasteiger partial charge in [-0.1, -0.05) is 0 Å². The first-order valence-electron chi connectivity index (χ1n) is 4.56. The summed E-state index contributed by atoms with van der Waals surface area (Å²) < 4.78 is 12.8. The van der Waals surface area contributed by atoms with Crippen molar-refractivity contribution in [2.75, 3.05) is 5.32 Å². The molecule has 2 aromatic heterocycles.